The molecule has 2 heteroatoms. The maximum atomic E-state index is 11.5. The van der Waals surface area contributed by atoms with Gasteiger partial charge in [0.05, 0.1) is 6.61 Å². The van der Waals surface area contributed by atoms with Gasteiger partial charge in [0.15, 0.2) is 5.78 Å². The highest BCUT2D eigenvalue weighted by Crippen LogP contribution is 2.25. The number of ketones is 1. The predicted octanol–water partition coefficient (Wildman–Crippen LogP) is 3.20. The van der Waals surface area contributed by atoms with Crippen LogP contribution in [0, 0.1) is 5.41 Å². The van der Waals surface area contributed by atoms with Crippen LogP contribution in [0.2, 0.25) is 0 Å². The van der Waals surface area contributed by atoms with Gasteiger partial charge in [-0.05, 0) is 25.2 Å². The largest absolute Gasteiger partial charge is 0.367 e. The first-order chi connectivity index (χ1) is 6.27. The zero-order valence-electron chi connectivity index (χ0n) is 10.4. The minimum absolute atomic E-state index is 0.116. The van der Waals surface area contributed by atoms with Crippen LogP contribution in [0.1, 0.15) is 54.4 Å². The molecule has 0 atom stereocenters. The Morgan fingerprint density at radius 1 is 1.14 bits per heavy atom. The highest BCUT2D eigenvalue weighted by Gasteiger charge is 2.33. The van der Waals surface area contributed by atoms with E-state index in [4.69, 9.17) is 4.74 Å². The Morgan fingerprint density at radius 2 is 1.57 bits per heavy atom. The van der Waals surface area contributed by atoms with E-state index in [9.17, 15) is 4.79 Å². The fraction of sp³-hybridized carbons (Fsp3) is 0.917. The van der Waals surface area contributed by atoms with E-state index < -0.39 is 5.60 Å². The fourth-order valence-corrected chi connectivity index (χ4v) is 1.41. The minimum atomic E-state index is -0.548. The maximum Gasteiger partial charge on any atom is 0.161 e. The van der Waals surface area contributed by atoms with Crippen molar-refractivity contribution in [2.75, 3.05) is 6.61 Å². The lowest BCUT2D eigenvalue weighted by Crippen LogP contribution is -2.41. The molecular weight excluding hydrogens is 176 g/mol. The summed E-state index contributed by atoms with van der Waals surface area (Å²) in [6.45, 7) is 12.6. The lowest BCUT2D eigenvalue weighted by atomic mass is 9.91. The number of hydrogen-bond acceptors (Lipinski definition) is 2. The minimum Gasteiger partial charge on any atom is -0.367 e. The molecule has 0 saturated heterocycles. The summed E-state index contributed by atoms with van der Waals surface area (Å²) in [6, 6.07) is 0. The van der Waals surface area contributed by atoms with Crippen LogP contribution >= 0.6 is 0 Å². The van der Waals surface area contributed by atoms with E-state index in [1.165, 1.54) is 0 Å². The molecule has 0 unspecified atom stereocenters. The molecule has 2 nitrogen and oxygen atoms in total. The van der Waals surface area contributed by atoms with Crippen molar-refractivity contribution in [2.24, 2.45) is 5.41 Å². The Balaban J connectivity index is 4.45. The average Bonchev–Trinajstić information content (AvgIpc) is 2.04. The van der Waals surface area contributed by atoms with Crippen LogP contribution in [-0.4, -0.2) is 18.0 Å². The summed E-state index contributed by atoms with van der Waals surface area (Å²) in [4.78, 5) is 11.5. The van der Waals surface area contributed by atoms with Gasteiger partial charge in [0.25, 0.3) is 0 Å². The summed E-state index contributed by atoms with van der Waals surface area (Å²) < 4.78 is 5.80. The molecule has 0 radical (unpaired) electrons. The highest BCUT2D eigenvalue weighted by atomic mass is 16.5. The van der Waals surface area contributed by atoms with E-state index in [0.717, 1.165) is 12.8 Å². The Kier molecular flexibility index (Phi) is 4.79. The maximum absolute atomic E-state index is 11.5. The average molecular weight is 200 g/mol. The van der Waals surface area contributed by atoms with Crippen LogP contribution in [0.3, 0.4) is 0 Å². The van der Waals surface area contributed by atoms with Gasteiger partial charge in [0.1, 0.15) is 5.60 Å². The van der Waals surface area contributed by atoms with Crippen molar-refractivity contribution in [3.8, 4) is 0 Å². The molecule has 0 amide bonds. The van der Waals surface area contributed by atoms with Gasteiger partial charge in [-0.1, -0.05) is 34.6 Å². The number of rotatable bonds is 5. The van der Waals surface area contributed by atoms with Gasteiger partial charge in [-0.15, -0.1) is 0 Å². The number of Topliss-reactive ketones (excluding diaryl/α,β-unsaturated/α-hetero) is 1. The number of hydrogen-bond donors (Lipinski definition) is 0. The van der Waals surface area contributed by atoms with E-state index in [-0.39, 0.29) is 11.2 Å². The smallest absolute Gasteiger partial charge is 0.161 e. The van der Waals surface area contributed by atoms with Crippen molar-refractivity contribution in [3.05, 3.63) is 0 Å². The molecule has 0 spiro atoms. The molecule has 0 aliphatic rings. The number of carbonyl (C=O) groups is 1. The van der Waals surface area contributed by atoms with Crippen LogP contribution in [0.15, 0.2) is 0 Å². The van der Waals surface area contributed by atoms with E-state index in [2.05, 4.69) is 20.8 Å². The Hall–Kier alpha value is -0.370. The Bertz CT molecular complexity index is 185. The summed E-state index contributed by atoms with van der Waals surface area (Å²) in [7, 11) is 0. The highest BCUT2D eigenvalue weighted by molar-refractivity contribution is 5.84. The monoisotopic (exact) mass is 200 g/mol. The molecule has 0 rings (SSSR count). The molecule has 0 aliphatic carbocycles. The van der Waals surface area contributed by atoms with Crippen LogP contribution < -0.4 is 0 Å². The predicted molar refractivity (Wildman–Crippen MR) is 59.4 cm³/mol. The van der Waals surface area contributed by atoms with Gasteiger partial charge < -0.3 is 4.74 Å². The molecule has 0 N–H and O–H groups in total. The first-order valence-electron chi connectivity index (χ1n) is 5.42. The molecule has 0 bridgehead atoms. The normalized spacial score (nSPS) is 13.0. The van der Waals surface area contributed by atoms with E-state index in [1.807, 2.05) is 13.8 Å². The standard InChI is InChI=1S/C12H24O2/c1-7-12(8-2,10(3)13)14-9-11(4,5)6/h7-9H2,1-6H3. The SMILES string of the molecule is CCC(CC)(OCC(C)(C)C)C(C)=O. The van der Waals surface area contributed by atoms with Crippen LogP contribution in [-0.2, 0) is 9.53 Å². The number of carbonyl (C=O) groups excluding carboxylic acids is 1. The molecule has 0 fully saturated rings. The van der Waals surface area contributed by atoms with Crippen molar-refractivity contribution in [1.82, 2.24) is 0 Å². The summed E-state index contributed by atoms with van der Waals surface area (Å²) in [6.07, 6.45) is 1.52. The topological polar surface area (TPSA) is 26.3 Å². The van der Waals surface area contributed by atoms with Crippen molar-refractivity contribution < 1.29 is 9.53 Å². The van der Waals surface area contributed by atoms with E-state index in [1.54, 1.807) is 6.92 Å². The lowest BCUT2D eigenvalue weighted by Gasteiger charge is -2.32. The molecule has 14 heavy (non-hydrogen) atoms. The second-order valence-electron chi connectivity index (χ2n) is 5.11. The number of ether oxygens (including phenoxy) is 1. The third kappa shape index (κ3) is 3.79. The summed E-state index contributed by atoms with van der Waals surface area (Å²) >= 11 is 0. The molecule has 0 saturated carbocycles. The molecule has 0 aromatic heterocycles. The second kappa shape index (κ2) is 4.92. The molecule has 0 aromatic carbocycles. The summed E-state index contributed by atoms with van der Waals surface area (Å²) in [5.41, 5.74) is -0.432. The third-order valence-corrected chi connectivity index (χ3v) is 2.57. The first kappa shape index (κ1) is 13.6. The van der Waals surface area contributed by atoms with Crippen molar-refractivity contribution in [3.63, 3.8) is 0 Å². The zero-order valence-corrected chi connectivity index (χ0v) is 10.4. The molecule has 0 aliphatic heterocycles. The quantitative estimate of drug-likeness (QED) is 0.681. The summed E-state index contributed by atoms with van der Waals surface area (Å²) in [5, 5.41) is 0. The van der Waals surface area contributed by atoms with Gasteiger partial charge in [-0.25, -0.2) is 0 Å². The van der Waals surface area contributed by atoms with Gasteiger partial charge >= 0.3 is 0 Å². The van der Waals surface area contributed by atoms with E-state index in [0.29, 0.717) is 6.61 Å². The van der Waals surface area contributed by atoms with E-state index >= 15 is 0 Å². The Labute approximate surface area is 88.0 Å². The van der Waals surface area contributed by atoms with Gasteiger partial charge in [0, 0.05) is 0 Å². The molecule has 0 heterocycles. The fourth-order valence-electron chi connectivity index (χ4n) is 1.41. The summed E-state index contributed by atoms with van der Waals surface area (Å²) in [5.74, 6) is 0.145. The second-order valence-corrected chi connectivity index (χ2v) is 5.11. The van der Waals surface area contributed by atoms with Gasteiger partial charge in [-0.2, -0.15) is 0 Å². The van der Waals surface area contributed by atoms with Gasteiger partial charge in [0.2, 0.25) is 0 Å². The van der Waals surface area contributed by atoms with Crippen molar-refractivity contribution in [2.45, 2.75) is 60.0 Å². The first-order valence-corrected chi connectivity index (χ1v) is 5.42. The van der Waals surface area contributed by atoms with Crippen LogP contribution in [0.4, 0.5) is 0 Å². The lowest BCUT2D eigenvalue weighted by molar-refractivity contribution is -0.147. The van der Waals surface area contributed by atoms with Crippen molar-refractivity contribution >= 4 is 5.78 Å². The van der Waals surface area contributed by atoms with Crippen LogP contribution in [0.5, 0.6) is 0 Å². The molecular formula is C12H24O2. The molecule has 84 valence electrons. The Morgan fingerprint density at radius 3 is 1.79 bits per heavy atom. The third-order valence-electron chi connectivity index (χ3n) is 2.57. The van der Waals surface area contributed by atoms with Gasteiger partial charge in [-0.3, -0.25) is 4.79 Å². The zero-order chi connectivity index (χ0) is 11.4. The van der Waals surface area contributed by atoms with Crippen molar-refractivity contribution in [1.29, 1.82) is 0 Å². The molecule has 0 aromatic rings. The van der Waals surface area contributed by atoms with Crippen LogP contribution in [0.25, 0.3) is 0 Å².